The van der Waals surface area contributed by atoms with Crippen LogP contribution in [0.5, 0.6) is 0 Å². The van der Waals surface area contributed by atoms with E-state index in [1.54, 1.807) is 0 Å². The number of likely N-dealkylation sites (N-methyl/N-ethyl adjacent to an activating group) is 1. The van der Waals surface area contributed by atoms with Crippen molar-refractivity contribution in [3.05, 3.63) is 0 Å². The molecule has 0 spiro atoms. The Bertz CT molecular complexity index is 275. The summed E-state index contributed by atoms with van der Waals surface area (Å²) in [5, 5.41) is 3.30. The number of nitrogens with zero attached hydrogens (tertiary/aromatic N) is 2. The summed E-state index contributed by atoms with van der Waals surface area (Å²) in [6.07, 6.45) is 6.24. The van der Waals surface area contributed by atoms with E-state index in [9.17, 15) is 0 Å². The van der Waals surface area contributed by atoms with Gasteiger partial charge >= 0.3 is 0 Å². The van der Waals surface area contributed by atoms with E-state index in [0.29, 0.717) is 18.0 Å². The molecule has 0 bridgehead atoms. The monoisotopic (exact) mass is 268 g/mol. The van der Waals surface area contributed by atoms with E-state index in [2.05, 4.69) is 43.0 Å². The summed E-state index contributed by atoms with van der Waals surface area (Å²) in [5.41, 5.74) is 5.95. The van der Waals surface area contributed by atoms with Gasteiger partial charge in [0.15, 0.2) is 5.96 Å². The predicted molar refractivity (Wildman–Crippen MR) is 83.4 cm³/mol. The maximum Gasteiger partial charge on any atom is 0.188 e. The summed E-state index contributed by atoms with van der Waals surface area (Å²) < 4.78 is 0. The van der Waals surface area contributed by atoms with Crippen LogP contribution in [0, 0.1) is 5.92 Å². The number of aliphatic imine (C=N–C) groups is 1. The van der Waals surface area contributed by atoms with Gasteiger partial charge in [0.1, 0.15) is 0 Å². The Morgan fingerprint density at radius 3 is 2.68 bits per heavy atom. The van der Waals surface area contributed by atoms with E-state index < -0.39 is 0 Å². The molecular formula is C15H32N4. The topological polar surface area (TPSA) is 53.6 Å². The van der Waals surface area contributed by atoms with E-state index in [1.807, 2.05) is 0 Å². The highest BCUT2D eigenvalue weighted by molar-refractivity contribution is 5.78. The largest absolute Gasteiger partial charge is 0.370 e. The SMILES string of the molecule is CC(C)CCCC(C)NC(N)=NCC1CCCN1C. The van der Waals surface area contributed by atoms with Crippen molar-refractivity contribution in [2.45, 2.75) is 65.0 Å². The lowest BCUT2D eigenvalue weighted by molar-refractivity contribution is 0.317. The molecule has 0 aromatic rings. The smallest absolute Gasteiger partial charge is 0.188 e. The van der Waals surface area contributed by atoms with Gasteiger partial charge in [-0.05, 0) is 45.7 Å². The molecule has 0 aliphatic carbocycles. The summed E-state index contributed by atoms with van der Waals surface area (Å²) in [6.45, 7) is 8.75. The van der Waals surface area contributed by atoms with Crippen LogP contribution >= 0.6 is 0 Å². The Hall–Kier alpha value is -0.770. The van der Waals surface area contributed by atoms with Crippen molar-refractivity contribution < 1.29 is 0 Å². The van der Waals surface area contributed by atoms with Gasteiger partial charge in [-0.1, -0.05) is 26.7 Å². The highest BCUT2D eigenvalue weighted by Crippen LogP contribution is 2.14. The molecule has 0 aromatic heterocycles. The van der Waals surface area contributed by atoms with Gasteiger partial charge < -0.3 is 16.0 Å². The fourth-order valence-corrected chi connectivity index (χ4v) is 2.62. The van der Waals surface area contributed by atoms with Crippen molar-refractivity contribution in [2.75, 3.05) is 20.1 Å². The number of guanidine groups is 1. The summed E-state index contributed by atoms with van der Waals surface area (Å²) in [7, 11) is 2.17. The second kappa shape index (κ2) is 8.41. The molecule has 0 saturated carbocycles. The van der Waals surface area contributed by atoms with Crippen LogP contribution in [-0.4, -0.2) is 43.1 Å². The maximum absolute atomic E-state index is 5.95. The van der Waals surface area contributed by atoms with E-state index in [0.717, 1.165) is 18.9 Å². The molecule has 2 atom stereocenters. The number of hydrogen-bond donors (Lipinski definition) is 2. The third-order valence-electron chi connectivity index (χ3n) is 3.96. The van der Waals surface area contributed by atoms with Crippen LogP contribution in [0.25, 0.3) is 0 Å². The van der Waals surface area contributed by atoms with Crippen molar-refractivity contribution in [3.8, 4) is 0 Å². The summed E-state index contributed by atoms with van der Waals surface area (Å²) >= 11 is 0. The first kappa shape index (κ1) is 16.3. The minimum Gasteiger partial charge on any atom is -0.370 e. The molecule has 1 fully saturated rings. The van der Waals surface area contributed by atoms with Crippen molar-refractivity contribution in [3.63, 3.8) is 0 Å². The maximum atomic E-state index is 5.95. The van der Waals surface area contributed by atoms with Gasteiger partial charge in [-0.15, -0.1) is 0 Å². The average Bonchev–Trinajstić information content (AvgIpc) is 2.71. The lowest BCUT2D eigenvalue weighted by Gasteiger charge is -2.18. The van der Waals surface area contributed by atoms with Gasteiger partial charge in [-0.25, -0.2) is 0 Å². The lowest BCUT2D eigenvalue weighted by atomic mass is 10.0. The molecule has 3 N–H and O–H groups in total. The zero-order chi connectivity index (χ0) is 14.3. The van der Waals surface area contributed by atoms with Gasteiger partial charge in [0.05, 0.1) is 6.54 Å². The predicted octanol–water partition coefficient (Wildman–Crippen LogP) is 2.20. The third-order valence-corrected chi connectivity index (χ3v) is 3.96. The molecule has 4 heteroatoms. The fraction of sp³-hybridized carbons (Fsp3) is 0.933. The zero-order valence-corrected chi connectivity index (χ0v) is 13.2. The Balaban J connectivity index is 2.19. The van der Waals surface area contributed by atoms with Crippen LogP contribution in [0.3, 0.4) is 0 Å². The summed E-state index contributed by atoms with van der Waals surface area (Å²) in [4.78, 5) is 6.86. The van der Waals surface area contributed by atoms with E-state index in [-0.39, 0.29) is 0 Å². The molecule has 4 nitrogen and oxygen atoms in total. The number of nitrogens with two attached hydrogens (primary N) is 1. The molecule has 112 valence electrons. The first-order valence-electron chi connectivity index (χ1n) is 7.75. The lowest BCUT2D eigenvalue weighted by Crippen LogP contribution is -2.39. The van der Waals surface area contributed by atoms with E-state index in [1.165, 1.54) is 32.2 Å². The molecule has 0 amide bonds. The van der Waals surface area contributed by atoms with E-state index >= 15 is 0 Å². The molecule has 19 heavy (non-hydrogen) atoms. The van der Waals surface area contributed by atoms with Crippen LogP contribution in [-0.2, 0) is 0 Å². The first-order chi connectivity index (χ1) is 8.99. The molecule has 1 rings (SSSR count). The van der Waals surface area contributed by atoms with Crippen LogP contribution in [0.15, 0.2) is 4.99 Å². The molecule has 1 saturated heterocycles. The molecular weight excluding hydrogens is 236 g/mol. The molecule has 1 heterocycles. The number of nitrogens with one attached hydrogen (secondary N) is 1. The Kier molecular flexibility index (Phi) is 7.21. The van der Waals surface area contributed by atoms with Gasteiger partial charge in [0.25, 0.3) is 0 Å². The second-order valence-corrected chi connectivity index (χ2v) is 6.37. The van der Waals surface area contributed by atoms with Gasteiger partial charge in [0, 0.05) is 12.1 Å². The normalized spacial score (nSPS) is 23.0. The first-order valence-corrected chi connectivity index (χ1v) is 7.75. The van der Waals surface area contributed by atoms with Gasteiger partial charge in [-0.3, -0.25) is 4.99 Å². The number of likely N-dealkylation sites (tertiary alicyclic amines) is 1. The minimum atomic E-state index is 0.420. The van der Waals surface area contributed by atoms with Crippen molar-refractivity contribution in [1.29, 1.82) is 0 Å². The molecule has 0 radical (unpaired) electrons. The fourth-order valence-electron chi connectivity index (χ4n) is 2.62. The summed E-state index contributed by atoms with van der Waals surface area (Å²) in [6, 6.07) is 1.00. The van der Waals surface area contributed by atoms with E-state index in [4.69, 9.17) is 5.73 Å². The standard InChI is InChI=1S/C15H32N4/c1-12(2)7-5-8-13(3)18-15(16)17-11-14-9-6-10-19(14)4/h12-14H,5-11H2,1-4H3,(H3,16,17,18). The number of hydrogen-bond acceptors (Lipinski definition) is 2. The Labute approximate surface area is 118 Å². The summed E-state index contributed by atoms with van der Waals surface area (Å²) in [5.74, 6) is 1.40. The van der Waals surface area contributed by atoms with Crippen molar-refractivity contribution >= 4 is 5.96 Å². The molecule has 0 aromatic carbocycles. The highest BCUT2D eigenvalue weighted by Gasteiger charge is 2.20. The Morgan fingerprint density at radius 1 is 1.37 bits per heavy atom. The third kappa shape index (κ3) is 6.81. The van der Waals surface area contributed by atoms with Gasteiger partial charge in [-0.2, -0.15) is 0 Å². The quantitative estimate of drug-likeness (QED) is 0.550. The highest BCUT2D eigenvalue weighted by atomic mass is 15.2. The van der Waals surface area contributed by atoms with Crippen molar-refractivity contribution in [2.24, 2.45) is 16.6 Å². The molecule has 2 unspecified atom stereocenters. The molecule has 1 aliphatic rings. The van der Waals surface area contributed by atoms with Crippen molar-refractivity contribution in [1.82, 2.24) is 10.2 Å². The zero-order valence-electron chi connectivity index (χ0n) is 13.2. The average molecular weight is 268 g/mol. The Morgan fingerprint density at radius 2 is 2.11 bits per heavy atom. The van der Waals surface area contributed by atoms with Crippen LogP contribution in [0.2, 0.25) is 0 Å². The van der Waals surface area contributed by atoms with Crippen LogP contribution < -0.4 is 11.1 Å². The number of rotatable bonds is 7. The van der Waals surface area contributed by atoms with Crippen LogP contribution in [0.4, 0.5) is 0 Å². The van der Waals surface area contributed by atoms with Gasteiger partial charge in [0.2, 0.25) is 0 Å². The van der Waals surface area contributed by atoms with Crippen LogP contribution in [0.1, 0.15) is 52.9 Å². The minimum absolute atomic E-state index is 0.420. The second-order valence-electron chi connectivity index (χ2n) is 6.37. The molecule has 1 aliphatic heterocycles.